The van der Waals surface area contributed by atoms with Gasteiger partial charge in [0.2, 0.25) is 17.7 Å². The lowest BCUT2D eigenvalue weighted by Gasteiger charge is -2.58. The number of anilines is 2. The fraction of sp³-hybridized carbons (Fsp3) is 0.468. The molecule has 6 amide bonds. The third-order valence-electron chi connectivity index (χ3n) is 17.4. The first kappa shape index (κ1) is 59.7. The predicted molar refractivity (Wildman–Crippen MR) is 321 cm³/mol. The molecule has 2 aromatic heterocycles. The summed E-state index contributed by atoms with van der Waals surface area (Å²) in [6.07, 6.45) is 7.31. The van der Waals surface area contributed by atoms with Crippen LogP contribution in [0, 0.1) is 22.7 Å². The lowest BCUT2D eigenvalue weighted by molar-refractivity contribution is -0.291. The highest BCUT2D eigenvalue weighted by Crippen LogP contribution is 2.50. The smallest absolute Gasteiger partial charge is 0.319 e. The summed E-state index contributed by atoms with van der Waals surface area (Å²) in [5, 5.41) is 13.2. The number of carbonyl (C=O) groups is 4. The number of likely N-dealkylation sites (tertiary alicyclic amines) is 2. The summed E-state index contributed by atoms with van der Waals surface area (Å²) in [6.45, 7) is 7.97. The van der Waals surface area contributed by atoms with Gasteiger partial charge in [0.1, 0.15) is 23.6 Å². The molecule has 6 fully saturated rings. The van der Waals surface area contributed by atoms with Crippen molar-refractivity contribution in [1.82, 2.24) is 35.4 Å². The molecule has 6 aliphatic rings. The summed E-state index contributed by atoms with van der Waals surface area (Å²) in [5.41, 5.74) is 2.12. The van der Waals surface area contributed by atoms with Gasteiger partial charge in [-0.25, -0.2) is 19.6 Å². The van der Waals surface area contributed by atoms with E-state index >= 15 is 0 Å². The number of hydrogen-bond donors (Lipinski definition) is 4. The number of aromatic nitrogens is 3. The molecule has 460 valence electrons. The molecule has 25 heteroatoms. The number of methoxy groups -OCH3 is 2. The summed E-state index contributed by atoms with van der Waals surface area (Å²) in [4.78, 5) is 69.3. The first-order valence-corrected chi connectivity index (χ1v) is 30.1. The van der Waals surface area contributed by atoms with Gasteiger partial charge in [-0.15, -0.1) is 0 Å². The van der Waals surface area contributed by atoms with Gasteiger partial charge < -0.3 is 78.4 Å². The Morgan fingerprint density at radius 2 is 1.24 bits per heavy atom. The summed E-state index contributed by atoms with van der Waals surface area (Å²) in [5.74, 6) is 3.89. The minimum atomic E-state index is -0.418. The molecule has 4 aromatic carbocycles. The number of rotatable bonds is 22. The van der Waals surface area contributed by atoms with Crippen molar-refractivity contribution in [3.8, 4) is 46.1 Å². The standard InChI is InChI=1S/C62H69Cl2N9O14/c1-78-50-24-41-47(26-52(50)82-20-3-4-54(74)72-16-11-61(12-17-72)33-81-34-61)65-15-9-49(41)86-39-5-7-45(43(63)22-39)71-60(77)67-29-38-32-84-56(38)57-62(35-85-57)13-18-73(19-14-62)55(75)10-21-83-53-27-48-42(25-51(53)79-2)58(69-36-68-48)87-40-6-8-46(44(64)23-40)70-59(76)66-28-37-30-80-31-37/h5-9,15,22-27,36-38,56-57H,3-4,10-14,16-21,28-35H2,1-2H3,(H2,66,70,76)(H2,67,71,77). The lowest BCUT2D eigenvalue weighted by Crippen LogP contribution is -2.67. The van der Waals surface area contributed by atoms with E-state index in [0.717, 1.165) is 52.0 Å². The van der Waals surface area contributed by atoms with Crippen molar-refractivity contribution in [1.29, 1.82) is 0 Å². The van der Waals surface area contributed by atoms with Crippen LogP contribution in [0.4, 0.5) is 21.0 Å². The van der Waals surface area contributed by atoms with E-state index in [-0.39, 0.29) is 75.8 Å². The second-order valence-electron chi connectivity index (χ2n) is 23.0. The van der Waals surface area contributed by atoms with Crippen molar-refractivity contribution in [3.05, 3.63) is 89.3 Å². The summed E-state index contributed by atoms with van der Waals surface area (Å²) in [7, 11) is 3.09. The SMILES string of the molecule is COc1cc2c(Oc3ccc(NC(=O)NCC4COC4C4OCC45CCN(C(=O)CCOc4cc6ncnc(Oc7ccc(NC(=O)NCC8COC8)c(Cl)c7)c6cc4OC)CC5)c(Cl)c3)ccnc2cc1OCCCC(=O)N1CCC2(CC1)COC2. The van der Waals surface area contributed by atoms with Crippen LogP contribution in [-0.2, 0) is 28.5 Å². The number of carbonyl (C=O) groups excluding carboxylic acids is 4. The van der Waals surface area contributed by atoms with E-state index in [1.54, 1.807) is 74.0 Å². The van der Waals surface area contributed by atoms with Crippen LogP contribution in [0.15, 0.2) is 79.3 Å². The van der Waals surface area contributed by atoms with Crippen LogP contribution in [0.5, 0.6) is 46.1 Å². The van der Waals surface area contributed by atoms with Crippen molar-refractivity contribution in [2.24, 2.45) is 22.7 Å². The molecule has 2 spiro atoms. The number of nitrogens with one attached hydrogen (secondary N) is 4. The van der Waals surface area contributed by atoms with Gasteiger partial charge in [0, 0.05) is 104 Å². The van der Waals surface area contributed by atoms with Gasteiger partial charge in [0.25, 0.3) is 0 Å². The van der Waals surface area contributed by atoms with E-state index in [2.05, 4.69) is 36.2 Å². The highest BCUT2D eigenvalue weighted by Gasteiger charge is 2.57. The molecule has 6 aromatic rings. The average Bonchev–Trinajstić information content (AvgIpc) is 1.20. The summed E-state index contributed by atoms with van der Waals surface area (Å²) >= 11 is 13.2. The molecule has 12 rings (SSSR count). The van der Waals surface area contributed by atoms with Crippen LogP contribution in [0.2, 0.25) is 10.0 Å². The number of nitrogens with zero attached hydrogens (tertiary/aromatic N) is 5. The van der Waals surface area contributed by atoms with E-state index in [1.165, 1.54) is 13.4 Å². The van der Waals surface area contributed by atoms with Crippen molar-refractivity contribution in [2.75, 3.05) is 117 Å². The number of halogens is 2. The molecule has 3 atom stereocenters. The van der Waals surface area contributed by atoms with Gasteiger partial charge in [0.05, 0.1) is 124 Å². The van der Waals surface area contributed by atoms with Crippen LogP contribution in [0.25, 0.3) is 21.8 Å². The molecule has 4 N–H and O–H groups in total. The summed E-state index contributed by atoms with van der Waals surface area (Å²) in [6, 6.07) is 17.9. The molecule has 6 saturated heterocycles. The number of benzene rings is 4. The Morgan fingerprint density at radius 3 is 1.83 bits per heavy atom. The number of amides is 6. The maximum absolute atomic E-state index is 13.5. The quantitative estimate of drug-likeness (QED) is 0.0462. The van der Waals surface area contributed by atoms with E-state index in [0.29, 0.717) is 151 Å². The molecule has 23 nitrogen and oxygen atoms in total. The first-order valence-electron chi connectivity index (χ1n) is 29.4. The average molecular weight is 1240 g/mol. The highest BCUT2D eigenvalue weighted by molar-refractivity contribution is 6.34. The number of pyridine rings is 1. The number of ether oxygens (including phenoxy) is 10. The number of piperidine rings is 2. The Kier molecular flexibility index (Phi) is 18.1. The maximum Gasteiger partial charge on any atom is 0.319 e. The zero-order valence-corrected chi connectivity index (χ0v) is 49.9. The third kappa shape index (κ3) is 13.4. The molecule has 0 aliphatic carbocycles. The molecule has 6 aliphatic heterocycles. The minimum Gasteiger partial charge on any atom is -0.493 e. The van der Waals surface area contributed by atoms with Crippen LogP contribution in [0.3, 0.4) is 0 Å². The van der Waals surface area contributed by atoms with Crippen LogP contribution < -0.4 is 49.7 Å². The second kappa shape index (κ2) is 26.3. The van der Waals surface area contributed by atoms with Gasteiger partial charge >= 0.3 is 12.1 Å². The maximum atomic E-state index is 13.5. The molecular formula is C62H69Cl2N9O14. The fourth-order valence-electron chi connectivity index (χ4n) is 11.9. The normalized spacial score (nSPS) is 20.1. The van der Waals surface area contributed by atoms with E-state index in [9.17, 15) is 19.2 Å². The van der Waals surface area contributed by atoms with Crippen molar-refractivity contribution in [3.63, 3.8) is 0 Å². The van der Waals surface area contributed by atoms with E-state index in [1.807, 2.05) is 15.9 Å². The van der Waals surface area contributed by atoms with Gasteiger partial charge in [-0.2, -0.15) is 0 Å². The van der Waals surface area contributed by atoms with Gasteiger partial charge in [0.15, 0.2) is 23.0 Å². The molecule has 3 unspecified atom stereocenters. The van der Waals surface area contributed by atoms with Gasteiger partial charge in [-0.1, -0.05) is 23.2 Å². The van der Waals surface area contributed by atoms with Crippen molar-refractivity contribution >= 4 is 80.3 Å². The number of urea groups is 2. The molecule has 8 heterocycles. The Morgan fingerprint density at radius 1 is 0.621 bits per heavy atom. The highest BCUT2D eigenvalue weighted by atomic mass is 35.5. The zero-order valence-electron chi connectivity index (χ0n) is 48.4. The largest absolute Gasteiger partial charge is 0.493 e. The van der Waals surface area contributed by atoms with Crippen LogP contribution in [0.1, 0.15) is 44.9 Å². The topological polar surface area (TPSA) is 254 Å². The third-order valence-corrected chi connectivity index (χ3v) is 18.0. The van der Waals surface area contributed by atoms with Gasteiger partial charge in [-0.05, 0) is 74.6 Å². The van der Waals surface area contributed by atoms with Crippen molar-refractivity contribution < 1.29 is 66.5 Å². The second-order valence-corrected chi connectivity index (χ2v) is 23.9. The Labute approximate surface area is 512 Å². The first-order chi connectivity index (χ1) is 42.3. The van der Waals surface area contributed by atoms with Crippen LogP contribution in [-0.4, -0.2) is 167 Å². The molecule has 0 radical (unpaired) electrons. The minimum absolute atomic E-state index is 0.0211. The van der Waals surface area contributed by atoms with Gasteiger partial charge in [-0.3, -0.25) is 14.6 Å². The molecule has 0 saturated carbocycles. The Hall–Kier alpha value is -7.67. The van der Waals surface area contributed by atoms with Crippen molar-refractivity contribution in [2.45, 2.75) is 57.2 Å². The summed E-state index contributed by atoms with van der Waals surface area (Å²) < 4.78 is 58.9. The van der Waals surface area contributed by atoms with E-state index < -0.39 is 6.03 Å². The zero-order chi connectivity index (χ0) is 60.1. The number of fused-ring (bicyclic) bond motifs is 2. The monoisotopic (exact) mass is 1230 g/mol. The molecular weight excluding hydrogens is 1170 g/mol. The fourth-order valence-corrected chi connectivity index (χ4v) is 12.3. The predicted octanol–water partition coefficient (Wildman–Crippen LogP) is 9.27. The van der Waals surface area contributed by atoms with Crippen LogP contribution >= 0.6 is 23.2 Å². The Balaban J connectivity index is 0.568. The Bertz CT molecular complexity index is 3520. The number of hydrogen-bond acceptors (Lipinski definition) is 17. The lowest BCUT2D eigenvalue weighted by atomic mass is 9.66. The molecule has 0 bridgehead atoms. The molecule has 87 heavy (non-hydrogen) atoms. The van der Waals surface area contributed by atoms with E-state index in [4.69, 9.17) is 70.6 Å².